The van der Waals surface area contributed by atoms with Crippen molar-refractivity contribution in [1.82, 2.24) is 0 Å². The van der Waals surface area contributed by atoms with Crippen LogP contribution in [0.15, 0.2) is 77.7 Å². The van der Waals surface area contributed by atoms with Crippen LogP contribution >= 0.6 is 0 Å². The molecule has 0 aromatic heterocycles. The largest absolute Gasteiger partial charge is 0.506 e. The van der Waals surface area contributed by atoms with Crippen LogP contribution in [-0.2, 0) is 29.4 Å². The third-order valence-electron chi connectivity index (χ3n) is 4.37. The molecule has 0 aliphatic rings. The molecule has 0 amide bonds. The van der Waals surface area contributed by atoms with E-state index in [-0.39, 0.29) is 5.75 Å². The van der Waals surface area contributed by atoms with E-state index in [0.29, 0.717) is 18.4 Å². The second-order valence-electron chi connectivity index (χ2n) is 6.17. The molecule has 3 aromatic rings. The quantitative estimate of drug-likeness (QED) is 0.645. The van der Waals surface area contributed by atoms with Crippen molar-refractivity contribution in [2.45, 2.75) is 24.2 Å². The van der Waals surface area contributed by atoms with E-state index in [2.05, 4.69) is 0 Å². The molecule has 3 rings (SSSR count). The number of aromatic hydroxyl groups is 1. The number of phenols is 1. The molecule has 0 atom stereocenters. The predicted octanol–water partition coefficient (Wildman–Crippen LogP) is 4.01. The van der Waals surface area contributed by atoms with E-state index in [1.807, 2.05) is 60.7 Å². The average molecular weight is 368 g/mol. The first-order valence-electron chi connectivity index (χ1n) is 8.34. The highest BCUT2D eigenvalue weighted by atomic mass is 32.2. The van der Waals surface area contributed by atoms with E-state index in [1.165, 1.54) is 6.07 Å². The molecule has 0 aliphatic heterocycles. The van der Waals surface area contributed by atoms with E-state index in [4.69, 9.17) is 0 Å². The lowest BCUT2D eigenvalue weighted by Gasteiger charge is -2.14. The Labute approximate surface area is 153 Å². The maximum Gasteiger partial charge on any atom is 0.298 e. The molecule has 0 saturated carbocycles. The van der Waals surface area contributed by atoms with Gasteiger partial charge in [-0.25, -0.2) is 0 Å². The second-order valence-corrected chi connectivity index (χ2v) is 7.56. The fourth-order valence-corrected chi connectivity index (χ4v) is 3.63. The highest BCUT2D eigenvalue weighted by Gasteiger charge is 2.21. The zero-order valence-electron chi connectivity index (χ0n) is 14.2. The lowest BCUT2D eigenvalue weighted by Crippen LogP contribution is -2.05. The van der Waals surface area contributed by atoms with Crippen molar-refractivity contribution in [3.63, 3.8) is 0 Å². The standard InChI is InChI=1S/C21H20O4S/c22-21-19(15-17-9-5-2-6-10-17)18(13-14-20(21)26(23,24)25)12-11-16-7-3-1-4-8-16/h1-10,13-14,22H,11-12,15H2,(H,23,24,25). The molecule has 0 radical (unpaired) electrons. The first kappa shape index (κ1) is 18.2. The van der Waals surface area contributed by atoms with Crippen molar-refractivity contribution < 1.29 is 18.1 Å². The SMILES string of the molecule is O=S(=O)(O)c1ccc(CCc2ccccc2)c(Cc2ccccc2)c1O. The molecular weight excluding hydrogens is 348 g/mol. The van der Waals surface area contributed by atoms with Gasteiger partial charge in [0.05, 0.1) is 0 Å². The number of hydrogen-bond donors (Lipinski definition) is 2. The van der Waals surface area contributed by atoms with Gasteiger partial charge < -0.3 is 5.11 Å². The van der Waals surface area contributed by atoms with Crippen molar-refractivity contribution in [3.05, 3.63) is 95.1 Å². The Morgan fingerprint density at radius 1 is 0.731 bits per heavy atom. The summed E-state index contributed by atoms with van der Waals surface area (Å²) in [6.07, 6.45) is 1.82. The van der Waals surface area contributed by atoms with Crippen molar-refractivity contribution in [2.75, 3.05) is 0 Å². The van der Waals surface area contributed by atoms with E-state index in [1.54, 1.807) is 6.07 Å². The molecular formula is C21H20O4S. The molecule has 0 heterocycles. The Hall–Kier alpha value is -2.63. The maximum atomic E-state index is 11.5. The minimum Gasteiger partial charge on any atom is -0.506 e. The van der Waals surface area contributed by atoms with Gasteiger partial charge in [-0.1, -0.05) is 66.7 Å². The lowest BCUT2D eigenvalue weighted by molar-refractivity contribution is 0.438. The summed E-state index contributed by atoms with van der Waals surface area (Å²) in [6, 6.07) is 22.4. The summed E-state index contributed by atoms with van der Waals surface area (Å²) in [6.45, 7) is 0. The van der Waals surface area contributed by atoms with Gasteiger partial charge >= 0.3 is 0 Å². The molecule has 0 spiro atoms. The van der Waals surface area contributed by atoms with Gasteiger partial charge in [-0.2, -0.15) is 8.42 Å². The topological polar surface area (TPSA) is 74.6 Å². The van der Waals surface area contributed by atoms with E-state index >= 15 is 0 Å². The van der Waals surface area contributed by atoms with Gasteiger partial charge in [0.1, 0.15) is 10.6 Å². The van der Waals surface area contributed by atoms with Gasteiger partial charge in [0, 0.05) is 12.0 Å². The molecule has 5 heteroatoms. The van der Waals surface area contributed by atoms with Gasteiger partial charge in [-0.15, -0.1) is 0 Å². The number of benzene rings is 3. The van der Waals surface area contributed by atoms with E-state index < -0.39 is 15.0 Å². The summed E-state index contributed by atoms with van der Waals surface area (Å²) >= 11 is 0. The Bertz CT molecular complexity index is 981. The third kappa shape index (κ3) is 4.31. The molecule has 0 saturated heterocycles. The lowest BCUT2D eigenvalue weighted by atomic mass is 9.94. The summed E-state index contributed by atoms with van der Waals surface area (Å²) in [5, 5.41) is 10.5. The normalized spacial score (nSPS) is 11.4. The maximum absolute atomic E-state index is 11.5. The zero-order chi connectivity index (χ0) is 18.6. The Balaban J connectivity index is 1.98. The molecule has 0 bridgehead atoms. The number of hydrogen-bond acceptors (Lipinski definition) is 3. The van der Waals surface area contributed by atoms with Crippen LogP contribution in [0.1, 0.15) is 22.3 Å². The summed E-state index contributed by atoms with van der Waals surface area (Å²) in [5.74, 6) is -0.373. The second kappa shape index (κ2) is 7.72. The summed E-state index contributed by atoms with van der Waals surface area (Å²) < 4.78 is 32.5. The third-order valence-corrected chi connectivity index (χ3v) is 5.26. The highest BCUT2D eigenvalue weighted by molar-refractivity contribution is 7.86. The Kier molecular flexibility index (Phi) is 5.40. The monoisotopic (exact) mass is 368 g/mol. The minimum absolute atomic E-state index is 0.373. The van der Waals surface area contributed by atoms with Crippen molar-refractivity contribution in [3.8, 4) is 5.75 Å². The molecule has 4 nitrogen and oxygen atoms in total. The summed E-state index contributed by atoms with van der Waals surface area (Å²) in [5.41, 5.74) is 3.51. The van der Waals surface area contributed by atoms with Gasteiger partial charge in [-0.3, -0.25) is 4.55 Å². The predicted molar refractivity (Wildman–Crippen MR) is 101 cm³/mol. The van der Waals surface area contributed by atoms with E-state index in [0.717, 1.165) is 23.1 Å². The van der Waals surface area contributed by atoms with Crippen LogP contribution in [0.4, 0.5) is 0 Å². The molecule has 2 N–H and O–H groups in total. The van der Waals surface area contributed by atoms with Crippen LogP contribution in [0.2, 0.25) is 0 Å². The van der Waals surface area contributed by atoms with Gasteiger partial charge in [0.15, 0.2) is 0 Å². The fourth-order valence-electron chi connectivity index (χ4n) is 3.02. The van der Waals surface area contributed by atoms with Crippen molar-refractivity contribution in [2.24, 2.45) is 0 Å². The highest BCUT2D eigenvalue weighted by Crippen LogP contribution is 2.32. The van der Waals surface area contributed by atoms with Gasteiger partial charge in [0.25, 0.3) is 10.1 Å². The molecule has 0 aliphatic carbocycles. The van der Waals surface area contributed by atoms with Crippen LogP contribution < -0.4 is 0 Å². The first-order chi connectivity index (χ1) is 12.4. The zero-order valence-corrected chi connectivity index (χ0v) is 15.0. The summed E-state index contributed by atoms with van der Waals surface area (Å²) in [4.78, 5) is -0.452. The van der Waals surface area contributed by atoms with Crippen LogP contribution in [0.5, 0.6) is 5.75 Å². The fraction of sp³-hybridized carbons (Fsp3) is 0.143. The van der Waals surface area contributed by atoms with Gasteiger partial charge in [0.2, 0.25) is 0 Å². The van der Waals surface area contributed by atoms with Crippen LogP contribution in [0, 0.1) is 0 Å². The first-order valence-corrected chi connectivity index (χ1v) is 9.78. The van der Waals surface area contributed by atoms with Crippen molar-refractivity contribution in [1.29, 1.82) is 0 Å². The smallest absolute Gasteiger partial charge is 0.298 e. The molecule has 134 valence electrons. The van der Waals surface area contributed by atoms with Gasteiger partial charge in [-0.05, 0) is 35.6 Å². The minimum atomic E-state index is -4.48. The average Bonchev–Trinajstić information content (AvgIpc) is 2.63. The molecule has 0 unspecified atom stereocenters. The Morgan fingerprint density at radius 2 is 1.31 bits per heavy atom. The number of phenolic OH excluding ortho intramolecular Hbond substituents is 1. The van der Waals surface area contributed by atoms with Crippen LogP contribution in [-0.4, -0.2) is 18.1 Å². The summed E-state index contributed by atoms with van der Waals surface area (Å²) in [7, 11) is -4.48. The Morgan fingerprint density at radius 3 is 1.88 bits per heavy atom. The van der Waals surface area contributed by atoms with Crippen LogP contribution in [0.25, 0.3) is 0 Å². The van der Waals surface area contributed by atoms with Crippen LogP contribution in [0.3, 0.4) is 0 Å². The number of rotatable bonds is 6. The molecule has 0 fully saturated rings. The van der Waals surface area contributed by atoms with Crippen molar-refractivity contribution >= 4 is 10.1 Å². The van der Waals surface area contributed by atoms with E-state index in [9.17, 15) is 18.1 Å². The molecule has 26 heavy (non-hydrogen) atoms. The number of aryl methyl sites for hydroxylation is 2. The molecule has 3 aromatic carbocycles.